The van der Waals surface area contributed by atoms with E-state index in [4.69, 9.17) is 11.6 Å². The quantitative estimate of drug-likeness (QED) is 0.857. The summed E-state index contributed by atoms with van der Waals surface area (Å²) in [5.41, 5.74) is -2.90. The standard InChI is InChI=1S/C7H5ClF3NO2S2/c8-5-3-12-7(15-5)16(13,14)6(11)4(10)1-2-9/h1-4,6H. The monoisotopic (exact) mass is 291 g/mol. The number of alkyl halides is 2. The summed E-state index contributed by atoms with van der Waals surface area (Å²) in [6.45, 7) is 0. The first-order valence-corrected chi connectivity index (χ1v) is 6.54. The van der Waals surface area contributed by atoms with Crippen molar-refractivity contribution < 1.29 is 21.6 Å². The molecule has 0 radical (unpaired) electrons. The van der Waals surface area contributed by atoms with E-state index in [9.17, 15) is 21.6 Å². The minimum Gasteiger partial charge on any atom is -0.238 e. The lowest BCUT2D eigenvalue weighted by atomic mass is 10.4. The molecule has 0 spiro atoms. The van der Waals surface area contributed by atoms with Crippen molar-refractivity contribution in [3.05, 3.63) is 22.9 Å². The summed E-state index contributed by atoms with van der Waals surface area (Å²) in [5.74, 6) is 0. The van der Waals surface area contributed by atoms with Gasteiger partial charge in [0.15, 0.2) is 6.17 Å². The van der Waals surface area contributed by atoms with Gasteiger partial charge in [0.25, 0.3) is 0 Å². The Morgan fingerprint density at radius 2 is 2.12 bits per heavy atom. The van der Waals surface area contributed by atoms with Gasteiger partial charge in [-0.15, -0.1) is 0 Å². The fraction of sp³-hybridized carbons (Fsp3) is 0.286. The molecule has 0 N–H and O–H groups in total. The predicted molar refractivity (Wildman–Crippen MR) is 54.3 cm³/mol. The summed E-state index contributed by atoms with van der Waals surface area (Å²) in [6.07, 6.45) is -1.68. The largest absolute Gasteiger partial charge is 0.242 e. The number of halogens is 4. The molecule has 0 saturated heterocycles. The summed E-state index contributed by atoms with van der Waals surface area (Å²) in [7, 11) is -4.58. The van der Waals surface area contributed by atoms with Gasteiger partial charge >= 0.3 is 0 Å². The Labute approximate surface area is 98.5 Å². The van der Waals surface area contributed by atoms with Crippen molar-refractivity contribution in [2.45, 2.75) is 16.0 Å². The van der Waals surface area contributed by atoms with Crippen LogP contribution in [0.15, 0.2) is 22.9 Å². The van der Waals surface area contributed by atoms with E-state index in [1.54, 1.807) is 0 Å². The Hall–Kier alpha value is -0.600. The first-order valence-electron chi connectivity index (χ1n) is 3.80. The molecule has 1 aromatic rings. The van der Waals surface area contributed by atoms with Gasteiger partial charge in [-0.25, -0.2) is 26.6 Å². The minimum atomic E-state index is -4.58. The van der Waals surface area contributed by atoms with Crippen molar-refractivity contribution in [3.63, 3.8) is 0 Å². The molecule has 1 aromatic heterocycles. The third-order valence-electron chi connectivity index (χ3n) is 1.50. The van der Waals surface area contributed by atoms with E-state index in [0.717, 1.165) is 6.20 Å². The number of aromatic nitrogens is 1. The van der Waals surface area contributed by atoms with E-state index in [0.29, 0.717) is 11.3 Å². The predicted octanol–water partition coefficient (Wildman–Crippen LogP) is 2.69. The van der Waals surface area contributed by atoms with E-state index in [-0.39, 0.29) is 16.7 Å². The number of allylic oxidation sites excluding steroid dienone is 1. The van der Waals surface area contributed by atoms with Crippen molar-refractivity contribution in [2.75, 3.05) is 0 Å². The van der Waals surface area contributed by atoms with Crippen molar-refractivity contribution in [1.82, 2.24) is 4.98 Å². The highest BCUT2D eigenvalue weighted by molar-refractivity contribution is 7.93. The third kappa shape index (κ3) is 2.74. The fourth-order valence-electron chi connectivity index (χ4n) is 0.795. The third-order valence-corrected chi connectivity index (χ3v) is 4.80. The minimum absolute atomic E-state index is 0.0298. The first-order chi connectivity index (χ1) is 7.39. The summed E-state index contributed by atoms with van der Waals surface area (Å²) in [4.78, 5) is 3.33. The topological polar surface area (TPSA) is 47.0 Å². The maximum atomic E-state index is 13.2. The average Bonchev–Trinajstić information content (AvgIpc) is 2.64. The molecule has 0 amide bonds. The van der Waals surface area contributed by atoms with Gasteiger partial charge in [0, 0.05) is 0 Å². The molecule has 0 fully saturated rings. The van der Waals surface area contributed by atoms with Crippen LogP contribution in [-0.2, 0) is 9.84 Å². The van der Waals surface area contributed by atoms with Gasteiger partial charge in [-0.2, -0.15) is 0 Å². The smallest absolute Gasteiger partial charge is 0.238 e. The lowest BCUT2D eigenvalue weighted by molar-refractivity contribution is 0.267. The van der Waals surface area contributed by atoms with E-state index in [2.05, 4.69) is 4.98 Å². The van der Waals surface area contributed by atoms with Crippen LogP contribution in [0.25, 0.3) is 0 Å². The molecular formula is C7H5ClF3NO2S2. The molecule has 90 valence electrons. The highest BCUT2D eigenvalue weighted by Crippen LogP contribution is 2.28. The zero-order chi connectivity index (χ0) is 12.3. The van der Waals surface area contributed by atoms with E-state index >= 15 is 0 Å². The van der Waals surface area contributed by atoms with Crippen LogP contribution in [0.4, 0.5) is 13.2 Å². The Kier molecular flexibility index (Phi) is 4.34. The van der Waals surface area contributed by atoms with Gasteiger partial charge in [0.05, 0.1) is 12.5 Å². The molecule has 0 bridgehead atoms. The summed E-state index contributed by atoms with van der Waals surface area (Å²) in [5, 5.41) is 0. The molecule has 2 atom stereocenters. The van der Waals surface area contributed by atoms with Gasteiger partial charge in [-0.1, -0.05) is 22.9 Å². The Morgan fingerprint density at radius 1 is 1.50 bits per heavy atom. The number of hydrogen-bond donors (Lipinski definition) is 0. The van der Waals surface area contributed by atoms with E-state index in [1.165, 1.54) is 0 Å². The van der Waals surface area contributed by atoms with E-state index in [1.807, 2.05) is 0 Å². The summed E-state index contributed by atoms with van der Waals surface area (Å²) < 4.78 is 59.8. The molecular weight excluding hydrogens is 287 g/mol. The number of rotatable bonds is 4. The first kappa shape index (κ1) is 13.5. The number of nitrogens with zero attached hydrogens (tertiary/aromatic N) is 1. The zero-order valence-corrected chi connectivity index (χ0v) is 9.87. The molecule has 0 aromatic carbocycles. The summed E-state index contributed by atoms with van der Waals surface area (Å²) >= 11 is 5.91. The molecule has 3 nitrogen and oxygen atoms in total. The normalized spacial score (nSPS) is 16.5. The zero-order valence-electron chi connectivity index (χ0n) is 7.48. The molecule has 0 aliphatic carbocycles. The number of thiazole rings is 1. The Bertz CT molecular complexity index is 488. The molecule has 16 heavy (non-hydrogen) atoms. The van der Waals surface area contributed by atoms with Crippen molar-refractivity contribution in [1.29, 1.82) is 0 Å². The fourth-order valence-corrected chi connectivity index (χ4v) is 3.41. The van der Waals surface area contributed by atoms with Gasteiger partial charge in [-0.3, -0.25) is 0 Å². The number of sulfone groups is 1. The van der Waals surface area contributed by atoms with Crippen LogP contribution >= 0.6 is 22.9 Å². The van der Waals surface area contributed by atoms with Crippen LogP contribution in [0.1, 0.15) is 0 Å². The van der Waals surface area contributed by atoms with Gasteiger partial charge in [0.1, 0.15) is 4.34 Å². The van der Waals surface area contributed by atoms with Gasteiger partial charge in [0.2, 0.25) is 19.7 Å². The molecule has 0 aliphatic rings. The summed E-state index contributed by atoms with van der Waals surface area (Å²) in [6, 6.07) is 0. The van der Waals surface area contributed by atoms with Crippen LogP contribution in [0.2, 0.25) is 4.34 Å². The van der Waals surface area contributed by atoms with Crippen LogP contribution in [0.5, 0.6) is 0 Å². The molecule has 1 rings (SSSR count). The molecule has 0 saturated carbocycles. The highest BCUT2D eigenvalue weighted by Gasteiger charge is 2.36. The average molecular weight is 292 g/mol. The maximum Gasteiger partial charge on any atom is 0.242 e. The van der Waals surface area contributed by atoms with Crippen LogP contribution < -0.4 is 0 Å². The lowest BCUT2D eigenvalue weighted by Crippen LogP contribution is -2.25. The molecule has 0 aliphatic heterocycles. The second-order valence-electron chi connectivity index (χ2n) is 2.59. The van der Waals surface area contributed by atoms with Gasteiger partial charge < -0.3 is 0 Å². The second kappa shape index (κ2) is 5.15. The maximum absolute atomic E-state index is 13.2. The van der Waals surface area contributed by atoms with Crippen molar-refractivity contribution in [3.8, 4) is 0 Å². The van der Waals surface area contributed by atoms with Crippen LogP contribution in [0.3, 0.4) is 0 Å². The SMILES string of the molecule is O=S(=O)(c1ncc(Cl)s1)C(F)C(F)C=CF. The molecule has 2 unspecified atom stereocenters. The Balaban J connectivity index is 3.03. The number of hydrogen-bond acceptors (Lipinski definition) is 4. The second-order valence-corrected chi connectivity index (χ2v) is 6.44. The highest BCUT2D eigenvalue weighted by atomic mass is 35.5. The van der Waals surface area contributed by atoms with Crippen molar-refractivity contribution >= 4 is 32.8 Å². The Morgan fingerprint density at radius 3 is 2.56 bits per heavy atom. The van der Waals surface area contributed by atoms with Crippen LogP contribution in [0, 0.1) is 0 Å². The van der Waals surface area contributed by atoms with E-state index < -0.39 is 25.9 Å². The van der Waals surface area contributed by atoms with Crippen LogP contribution in [-0.4, -0.2) is 25.1 Å². The van der Waals surface area contributed by atoms with Crippen molar-refractivity contribution in [2.24, 2.45) is 0 Å². The lowest BCUT2D eigenvalue weighted by Gasteiger charge is -2.08. The molecule has 9 heteroatoms. The molecule has 1 heterocycles. The van der Waals surface area contributed by atoms with Gasteiger partial charge in [-0.05, 0) is 6.08 Å².